The van der Waals surface area contributed by atoms with Crippen LogP contribution < -0.4 is 0 Å². The maximum atomic E-state index is 13.0. The Bertz CT molecular complexity index is 1740. The first kappa shape index (κ1) is 88.1. The highest BCUT2D eigenvalue weighted by molar-refractivity contribution is 7.47. The Balaban J connectivity index is 5.10. The molecule has 0 aromatic heterocycles. The molecule has 0 bridgehead atoms. The Kier molecular flexibility index (Phi) is 63.0. The van der Waals surface area contributed by atoms with Crippen LogP contribution in [0.25, 0.3) is 0 Å². The van der Waals surface area contributed by atoms with E-state index in [1.165, 1.54) is 167 Å². The normalized spacial score (nSPS) is 14.4. The number of carbonyl (C=O) groups is 4. The minimum Gasteiger partial charge on any atom is -0.462 e. The van der Waals surface area contributed by atoms with Crippen LogP contribution in [-0.2, 0) is 65.4 Å². The van der Waals surface area contributed by atoms with Crippen molar-refractivity contribution in [3.8, 4) is 0 Å². The summed E-state index contributed by atoms with van der Waals surface area (Å²) in [5, 5.41) is 10.5. The topological polar surface area (TPSA) is 237 Å². The molecule has 0 fully saturated rings. The first-order valence-corrected chi connectivity index (χ1v) is 40.2. The molecule has 6 atom stereocenters. The molecule has 0 heterocycles. The summed E-state index contributed by atoms with van der Waals surface area (Å²) in [5.74, 6) is -1.26. The van der Waals surface area contributed by atoms with E-state index in [-0.39, 0.29) is 25.7 Å². The first-order chi connectivity index (χ1) is 43.6. The molecule has 90 heavy (non-hydrogen) atoms. The second-order valence-corrected chi connectivity index (χ2v) is 28.8. The van der Waals surface area contributed by atoms with Crippen LogP contribution in [0.15, 0.2) is 0 Å². The highest BCUT2D eigenvalue weighted by Gasteiger charge is 2.30. The molecule has 0 rings (SSSR count). The van der Waals surface area contributed by atoms with E-state index in [4.69, 9.17) is 37.0 Å². The van der Waals surface area contributed by atoms with E-state index in [1.54, 1.807) is 0 Å². The van der Waals surface area contributed by atoms with E-state index in [2.05, 4.69) is 34.6 Å². The van der Waals surface area contributed by atoms with Crippen molar-refractivity contribution >= 4 is 39.5 Å². The van der Waals surface area contributed by atoms with Crippen molar-refractivity contribution < 1.29 is 80.2 Å². The zero-order valence-electron chi connectivity index (χ0n) is 58.3. The highest BCUT2D eigenvalue weighted by Crippen LogP contribution is 2.45. The van der Waals surface area contributed by atoms with Crippen LogP contribution in [0.5, 0.6) is 0 Å². The van der Waals surface area contributed by atoms with Gasteiger partial charge in [0.1, 0.15) is 19.3 Å². The largest absolute Gasteiger partial charge is 0.472 e. The Hall–Kier alpha value is -1.94. The van der Waals surface area contributed by atoms with Gasteiger partial charge in [0.05, 0.1) is 26.4 Å². The van der Waals surface area contributed by atoms with Crippen LogP contribution >= 0.6 is 15.6 Å². The predicted octanol–water partition coefficient (Wildman–Crippen LogP) is 20.5. The minimum absolute atomic E-state index is 0.104. The summed E-state index contributed by atoms with van der Waals surface area (Å²) in [6.45, 7) is 7.23. The third kappa shape index (κ3) is 63.5. The number of ether oxygens (including phenoxy) is 4. The van der Waals surface area contributed by atoms with Crippen molar-refractivity contribution in [3.05, 3.63) is 0 Å². The molecule has 0 aliphatic carbocycles. The van der Waals surface area contributed by atoms with Gasteiger partial charge in [0.25, 0.3) is 0 Å². The van der Waals surface area contributed by atoms with Crippen LogP contribution in [0.1, 0.15) is 369 Å². The molecule has 0 aliphatic rings. The number of aliphatic hydroxyl groups excluding tert-OH is 1. The number of aliphatic hydroxyl groups is 1. The number of esters is 4. The Morgan fingerprint density at radius 1 is 0.311 bits per heavy atom. The lowest BCUT2D eigenvalue weighted by atomic mass is 9.99. The molecule has 3 unspecified atom stereocenters. The van der Waals surface area contributed by atoms with Crippen LogP contribution in [0.3, 0.4) is 0 Å². The van der Waals surface area contributed by atoms with Gasteiger partial charge >= 0.3 is 39.5 Å². The van der Waals surface area contributed by atoms with Gasteiger partial charge in [0.15, 0.2) is 12.2 Å². The predicted molar refractivity (Wildman–Crippen MR) is 363 cm³/mol. The zero-order chi connectivity index (χ0) is 66.3. The molecule has 0 spiro atoms. The van der Waals surface area contributed by atoms with Gasteiger partial charge in [0, 0.05) is 25.7 Å². The van der Waals surface area contributed by atoms with E-state index >= 15 is 0 Å². The second-order valence-electron chi connectivity index (χ2n) is 25.9. The van der Waals surface area contributed by atoms with Crippen LogP contribution in [0, 0.1) is 5.92 Å². The van der Waals surface area contributed by atoms with Crippen molar-refractivity contribution in [2.24, 2.45) is 5.92 Å². The molecular weight excluding hydrogens is 1190 g/mol. The van der Waals surface area contributed by atoms with Crippen LogP contribution in [-0.4, -0.2) is 96.7 Å². The van der Waals surface area contributed by atoms with Gasteiger partial charge in [-0.25, -0.2) is 9.13 Å². The summed E-state index contributed by atoms with van der Waals surface area (Å²) in [6.07, 6.45) is 51.7. The fourth-order valence-electron chi connectivity index (χ4n) is 10.8. The first-order valence-electron chi connectivity index (χ1n) is 37.2. The molecule has 0 saturated heterocycles. The van der Waals surface area contributed by atoms with E-state index < -0.39 is 97.5 Å². The smallest absolute Gasteiger partial charge is 0.462 e. The number of phosphoric acid groups is 2. The third-order valence-electron chi connectivity index (χ3n) is 16.9. The molecule has 0 saturated carbocycles. The van der Waals surface area contributed by atoms with E-state index in [0.29, 0.717) is 25.7 Å². The van der Waals surface area contributed by atoms with Crippen molar-refractivity contribution in [1.82, 2.24) is 0 Å². The van der Waals surface area contributed by atoms with E-state index in [1.807, 2.05) is 0 Å². The fraction of sp³-hybridized carbons (Fsp3) is 0.944. The van der Waals surface area contributed by atoms with Gasteiger partial charge < -0.3 is 33.8 Å². The molecule has 19 heteroatoms. The summed E-state index contributed by atoms with van der Waals surface area (Å²) >= 11 is 0. The lowest BCUT2D eigenvalue weighted by Crippen LogP contribution is -2.30. The average Bonchev–Trinajstić information content (AvgIpc) is 3.74. The quantitative estimate of drug-likeness (QED) is 0.0222. The molecule has 0 amide bonds. The van der Waals surface area contributed by atoms with E-state index in [0.717, 1.165) is 121 Å². The van der Waals surface area contributed by atoms with Gasteiger partial charge in [-0.2, -0.15) is 0 Å². The summed E-state index contributed by atoms with van der Waals surface area (Å²) in [4.78, 5) is 72.2. The van der Waals surface area contributed by atoms with Gasteiger partial charge in [-0.3, -0.25) is 37.3 Å². The van der Waals surface area contributed by atoms with Gasteiger partial charge in [-0.05, 0) is 31.6 Å². The molecule has 0 aromatic carbocycles. The monoisotopic (exact) mass is 1320 g/mol. The number of phosphoric ester groups is 2. The molecule has 534 valence electrons. The molecular formula is C71H138O17P2. The molecule has 3 N–H and O–H groups in total. The zero-order valence-corrected chi connectivity index (χ0v) is 60.1. The number of carbonyl (C=O) groups excluding carboxylic acids is 4. The van der Waals surface area contributed by atoms with Crippen molar-refractivity contribution in [2.75, 3.05) is 39.6 Å². The van der Waals surface area contributed by atoms with Crippen molar-refractivity contribution in [1.29, 1.82) is 0 Å². The third-order valence-corrected chi connectivity index (χ3v) is 18.8. The standard InChI is InChI=1S/C71H138O17P2/c1-6-10-13-16-19-20-21-22-30-33-36-41-45-50-55-69(74)82-61-67(88-71(76)57-52-47-42-37-34-31-28-26-24-23-25-27-29-32-35-40-43-48-53-64(5)9-4)63-86-90(79,80)84-59-65(72)58-83-89(77,78)85-62-66(87-70(75)56-51-46-39-18-15-12-8-3)60-81-68(73)54-49-44-38-17-14-11-7-2/h64-67,72H,6-63H2,1-5H3,(H,77,78)(H,79,80)/t64?,65-,66+,67+/m0/s1. The van der Waals surface area contributed by atoms with Gasteiger partial charge in [-0.1, -0.05) is 317 Å². The van der Waals surface area contributed by atoms with Crippen LogP contribution in [0.4, 0.5) is 0 Å². The summed E-state index contributed by atoms with van der Waals surface area (Å²) in [5.41, 5.74) is 0. The lowest BCUT2D eigenvalue weighted by molar-refractivity contribution is -0.161. The maximum Gasteiger partial charge on any atom is 0.472 e. The summed E-state index contributed by atoms with van der Waals surface area (Å²) in [6, 6.07) is 0. The number of hydrogen-bond donors (Lipinski definition) is 3. The fourth-order valence-corrected chi connectivity index (χ4v) is 12.4. The second kappa shape index (κ2) is 64.4. The Morgan fingerprint density at radius 3 is 0.789 bits per heavy atom. The Labute approximate surface area is 549 Å². The molecule has 0 aromatic rings. The highest BCUT2D eigenvalue weighted by atomic mass is 31.2. The van der Waals surface area contributed by atoms with Gasteiger partial charge in [-0.15, -0.1) is 0 Å². The lowest BCUT2D eigenvalue weighted by Gasteiger charge is -2.21. The SMILES string of the molecule is CCCCCCCCCCCCCCCCC(=O)OC[C@H](COP(=O)(O)OC[C@@H](O)COP(=O)(O)OC[C@@H](COC(=O)CCCCCCCCC)OC(=O)CCCCCCCCC)OC(=O)CCCCCCCCCCCCCCCCCCCCC(C)CC. The minimum atomic E-state index is -4.95. The van der Waals surface area contributed by atoms with Crippen molar-refractivity contribution in [3.63, 3.8) is 0 Å². The average molecular weight is 1330 g/mol. The number of unbranched alkanes of at least 4 members (excludes halogenated alkanes) is 42. The molecule has 0 radical (unpaired) electrons. The molecule has 17 nitrogen and oxygen atoms in total. The van der Waals surface area contributed by atoms with Gasteiger partial charge in [0.2, 0.25) is 0 Å². The van der Waals surface area contributed by atoms with Crippen LogP contribution in [0.2, 0.25) is 0 Å². The summed E-state index contributed by atoms with van der Waals surface area (Å²) < 4.78 is 68.0. The number of hydrogen-bond acceptors (Lipinski definition) is 15. The van der Waals surface area contributed by atoms with Crippen molar-refractivity contribution in [2.45, 2.75) is 387 Å². The number of rotatable bonds is 71. The maximum absolute atomic E-state index is 13.0. The Morgan fingerprint density at radius 2 is 0.533 bits per heavy atom. The molecule has 0 aliphatic heterocycles. The summed E-state index contributed by atoms with van der Waals surface area (Å²) in [7, 11) is -9.89. The van der Waals surface area contributed by atoms with E-state index in [9.17, 15) is 43.2 Å².